The van der Waals surface area contributed by atoms with Crippen LogP contribution in [0.25, 0.3) is 0 Å². The summed E-state index contributed by atoms with van der Waals surface area (Å²) in [6, 6.07) is 2.27. The highest BCUT2D eigenvalue weighted by molar-refractivity contribution is 6.33. The van der Waals surface area contributed by atoms with Gasteiger partial charge in [-0.25, -0.2) is 9.97 Å². The minimum Gasteiger partial charge on any atom is -0.491 e. The Bertz CT molecular complexity index is 731. The van der Waals surface area contributed by atoms with E-state index in [0.29, 0.717) is 24.0 Å². The fourth-order valence-corrected chi connectivity index (χ4v) is 3.06. The van der Waals surface area contributed by atoms with Gasteiger partial charge in [0.25, 0.3) is 0 Å². The predicted molar refractivity (Wildman–Crippen MR) is 105 cm³/mol. The molecular weight excluding hydrogens is 334 g/mol. The molecule has 0 amide bonds. The lowest BCUT2D eigenvalue weighted by atomic mass is 9.95. The molecule has 4 nitrogen and oxygen atoms in total. The van der Waals surface area contributed by atoms with Crippen LogP contribution < -0.4 is 10.1 Å². The summed E-state index contributed by atoms with van der Waals surface area (Å²) >= 11 is 6.19. The van der Waals surface area contributed by atoms with E-state index in [4.69, 9.17) is 16.3 Å². The summed E-state index contributed by atoms with van der Waals surface area (Å²) in [5.74, 6) is 1.64. The van der Waals surface area contributed by atoms with Crippen molar-refractivity contribution in [2.45, 2.75) is 53.9 Å². The van der Waals surface area contributed by atoms with Gasteiger partial charge in [-0.05, 0) is 62.8 Å². The molecule has 1 heterocycles. The first kappa shape index (κ1) is 19.5. The Kier molecular flexibility index (Phi) is 7.06. The van der Waals surface area contributed by atoms with Crippen LogP contribution in [0.5, 0.6) is 5.75 Å². The number of aryl methyl sites for hydroxylation is 3. The Hall–Kier alpha value is -1.81. The normalized spacial score (nSPS) is 10.8. The second-order valence-electron chi connectivity index (χ2n) is 6.43. The van der Waals surface area contributed by atoms with E-state index in [1.807, 2.05) is 6.92 Å². The minimum absolute atomic E-state index is 0.550. The Morgan fingerprint density at radius 3 is 2.60 bits per heavy atom. The van der Waals surface area contributed by atoms with E-state index in [1.165, 1.54) is 41.4 Å². The van der Waals surface area contributed by atoms with Crippen LogP contribution in [0.3, 0.4) is 0 Å². The number of anilines is 1. The zero-order valence-electron chi connectivity index (χ0n) is 15.9. The Balaban J connectivity index is 1.99. The summed E-state index contributed by atoms with van der Waals surface area (Å²) in [4.78, 5) is 8.23. The smallest absolute Gasteiger partial charge is 0.148 e. The molecule has 0 saturated heterocycles. The summed E-state index contributed by atoms with van der Waals surface area (Å²) < 4.78 is 6.05. The monoisotopic (exact) mass is 361 g/mol. The summed E-state index contributed by atoms with van der Waals surface area (Å²) in [5, 5.41) is 3.77. The third-order valence-electron chi connectivity index (χ3n) is 4.54. The molecule has 1 aromatic carbocycles. The van der Waals surface area contributed by atoms with Crippen LogP contribution in [0.2, 0.25) is 5.02 Å². The quantitative estimate of drug-likeness (QED) is 0.656. The molecule has 0 fully saturated rings. The van der Waals surface area contributed by atoms with Gasteiger partial charge in [-0.2, -0.15) is 0 Å². The molecule has 0 spiro atoms. The highest BCUT2D eigenvalue weighted by Gasteiger charge is 2.11. The van der Waals surface area contributed by atoms with E-state index in [2.05, 4.69) is 49.0 Å². The molecule has 0 aliphatic rings. The number of hydrogen-bond acceptors (Lipinski definition) is 4. The molecule has 2 rings (SSSR count). The summed E-state index contributed by atoms with van der Waals surface area (Å²) in [7, 11) is 0. The Morgan fingerprint density at radius 1 is 1.12 bits per heavy atom. The number of aromatic nitrogens is 2. The lowest BCUT2D eigenvalue weighted by Gasteiger charge is -2.18. The molecule has 0 saturated carbocycles. The second kappa shape index (κ2) is 9.04. The zero-order chi connectivity index (χ0) is 18.4. The van der Waals surface area contributed by atoms with E-state index in [9.17, 15) is 0 Å². The van der Waals surface area contributed by atoms with Crippen LogP contribution in [0.1, 0.15) is 47.7 Å². The van der Waals surface area contributed by atoms with Crippen molar-refractivity contribution >= 4 is 17.4 Å². The van der Waals surface area contributed by atoms with Gasteiger partial charge >= 0.3 is 0 Å². The molecule has 0 radical (unpaired) electrons. The number of nitrogens with zero attached hydrogens (tertiary/aromatic N) is 2. The minimum atomic E-state index is 0.550. The van der Waals surface area contributed by atoms with Gasteiger partial charge < -0.3 is 10.1 Å². The van der Waals surface area contributed by atoms with Crippen molar-refractivity contribution in [2.75, 3.05) is 18.5 Å². The maximum absolute atomic E-state index is 6.19. The fourth-order valence-electron chi connectivity index (χ4n) is 2.89. The highest BCUT2D eigenvalue weighted by atomic mass is 35.5. The molecule has 0 unspecified atom stereocenters. The highest BCUT2D eigenvalue weighted by Crippen LogP contribution is 2.29. The van der Waals surface area contributed by atoms with Gasteiger partial charge in [0.1, 0.15) is 29.5 Å². The van der Waals surface area contributed by atoms with Crippen molar-refractivity contribution in [3.05, 3.63) is 45.4 Å². The van der Waals surface area contributed by atoms with Crippen LogP contribution in [-0.2, 0) is 6.42 Å². The van der Waals surface area contributed by atoms with Gasteiger partial charge in [0.2, 0.25) is 0 Å². The first-order valence-electron chi connectivity index (χ1n) is 8.89. The lowest BCUT2D eigenvalue weighted by Crippen LogP contribution is -2.14. The molecule has 0 atom stereocenters. The largest absolute Gasteiger partial charge is 0.491 e. The number of ether oxygens (including phenoxy) is 1. The molecule has 136 valence electrons. The Labute approximate surface area is 156 Å². The molecule has 2 aromatic rings. The third kappa shape index (κ3) is 4.85. The van der Waals surface area contributed by atoms with E-state index in [1.54, 1.807) is 0 Å². The van der Waals surface area contributed by atoms with Crippen LogP contribution >= 0.6 is 11.6 Å². The number of halogens is 1. The van der Waals surface area contributed by atoms with Crippen molar-refractivity contribution in [1.82, 2.24) is 9.97 Å². The van der Waals surface area contributed by atoms with Crippen molar-refractivity contribution in [3.8, 4) is 5.75 Å². The first-order chi connectivity index (χ1) is 12.0. The van der Waals surface area contributed by atoms with Gasteiger partial charge in [-0.1, -0.05) is 31.0 Å². The average molecular weight is 362 g/mol. The SMILES string of the molecule is CCCCc1cc(C)c(OCCNc2ncnc(C)c2Cl)c(C)c1C. The van der Waals surface area contributed by atoms with Crippen molar-refractivity contribution < 1.29 is 4.74 Å². The van der Waals surface area contributed by atoms with E-state index in [0.717, 1.165) is 17.9 Å². The molecule has 1 N–H and O–H groups in total. The molecule has 5 heteroatoms. The van der Waals surface area contributed by atoms with Gasteiger partial charge in [-0.3, -0.25) is 0 Å². The first-order valence-corrected chi connectivity index (χ1v) is 9.26. The summed E-state index contributed by atoms with van der Waals surface area (Å²) in [6.45, 7) is 11.7. The Morgan fingerprint density at radius 2 is 1.88 bits per heavy atom. The summed E-state index contributed by atoms with van der Waals surface area (Å²) in [5.41, 5.74) is 5.99. The van der Waals surface area contributed by atoms with E-state index in [-0.39, 0.29) is 0 Å². The molecular formula is C20H28ClN3O. The maximum atomic E-state index is 6.19. The number of unbranched alkanes of at least 4 members (excludes halogenated alkanes) is 1. The number of hydrogen-bond donors (Lipinski definition) is 1. The van der Waals surface area contributed by atoms with Crippen molar-refractivity contribution in [2.24, 2.45) is 0 Å². The van der Waals surface area contributed by atoms with Gasteiger partial charge in [0.15, 0.2) is 0 Å². The van der Waals surface area contributed by atoms with Crippen molar-refractivity contribution in [3.63, 3.8) is 0 Å². The number of benzene rings is 1. The third-order valence-corrected chi connectivity index (χ3v) is 4.99. The van der Waals surface area contributed by atoms with Crippen LogP contribution in [-0.4, -0.2) is 23.1 Å². The van der Waals surface area contributed by atoms with E-state index < -0.39 is 0 Å². The number of nitrogens with one attached hydrogen (secondary N) is 1. The van der Waals surface area contributed by atoms with Gasteiger partial charge in [0, 0.05) is 0 Å². The topological polar surface area (TPSA) is 47.0 Å². The molecule has 0 aliphatic heterocycles. The van der Waals surface area contributed by atoms with Crippen LogP contribution in [0.4, 0.5) is 5.82 Å². The lowest BCUT2D eigenvalue weighted by molar-refractivity contribution is 0.328. The van der Waals surface area contributed by atoms with E-state index >= 15 is 0 Å². The molecule has 25 heavy (non-hydrogen) atoms. The summed E-state index contributed by atoms with van der Waals surface area (Å²) in [6.07, 6.45) is 5.09. The predicted octanol–water partition coefficient (Wildman–Crippen LogP) is 5.20. The van der Waals surface area contributed by atoms with Crippen LogP contribution in [0, 0.1) is 27.7 Å². The zero-order valence-corrected chi connectivity index (χ0v) is 16.6. The fraction of sp³-hybridized carbons (Fsp3) is 0.500. The molecule has 0 bridgehead atoms. The van der Waals surface area contributed by atoms with Crippen LogP contribution in [0.15, 0.2) is 12.4 Å². The molecule has 0 aliphatic carbocycles. The number of rotatable bonds is 8. The van der Waals surface area contributed by atoms with Crippen molar-refractivity contribution in [1.29, 1.82) is 0 Å². The van der Waals surface area contributed by atoms with Gasteiger partial charge in [-0.15, -0.1) is 0 Å². The standard InChI is InChI=1S/C20H28ClN3O/c1-6-7-8-17-11-13(2)19(15(4)14(17)3)25-10-9-22-20-18(21)16(5)23-12-24-20/h11-12H,6-10H2,1-5H3,(H,22,23,24). The average Bonchev–Trinajstić information content (AvgIpc) is 2.59. The second-order valence-corrected chi connectivity index (χ2v) is 6.81. The molecule has 1 aromatic heterocycles. The van der Waals surface area contributed by atoms with Gasteiger partial charge in [0.05, 0.1) is 12.2 Å². The maximum Gasteiger partial charge on any atom is 0.148 e.